The molecular weight excluding hydrogens is 288 g/mol. The summed E-state index contributed by atoms with van der Waals surface area (Å²) >= 11 is 4.80. The van der Waals surface area contributed by atoms with Gasteiger partial charge in [-0.2, -0.15) is 12.6 Å². The van der Waals surface area contributed by atoms with Crippen LogP contribution in [0.5, 0.6) is 0 Å². The molecule has 0 aliphatic heterocycles. The third-order valence-electron chi connectivity index (χ3n) is 2.29. The van der Waals surface area contributed by atoms with Crippen LogP contribution in [0.3, 0.4) is 0 Å². The first kappa shape index (κ1) is 15.8. The fourth-order valence-corrected chi connectivity index (χ4v) is 1.85. The lowest BCUT2D eigenvalue weighted by atomic mass is 10.1. The largest absolute Gasteiger partial charge is 0.385 e. The molecule has 0 aliphatic carbocycles. The molecule has 1 atom stereocenters. The third-order valence-corrected chi connectivity index (χ3v) is 3.34. The molecular formula is C11H14N2O4S2. The van der Waals surface area contributed by atoms with Gasteiger partial charge < -0.3 is 9.92 Å². The zero-order chi connectivity index (χ0) is 14.6. The first-order valence-corrected chi connectivity index (χ1v) is 6.52. The minimum absolute atomic E-state index is 0.126. The second-order valence-electron chi connectivity index (χ2n) is 4.34. The van der Waals surface area contributed by atoms with E-state index in [1.165, 1.54) is 18.2 Å². The number of nitrogens with two attached hydrogens (primary N) is 1. The molecule has 0 spiro atoms. The van der Waals surface area contributed by atoms with Gasteiger partial charge in [-0.15, -0.1) is 0 Å². The second-order valence-corrected chi connectivity index (χ2v) is 6.27. The van der Waals surface area contributed by atoms with Crippen molar-refractivity contribution < 1.29 is 13.9 Å². The summed E-state index contributed by atoms with van der Waals surface area (Å²) in [6.07, 6.45) is 0. The molecule has 0 bridgehead atoms. The van der Waals surface area contributed by atoms with E-state index in [1.807, 2.05) is 0 Å². The van der Waals surface area contributed by atoms with Crippen LogP contribution in [-0.2, 0) is 8.98 Å². The Morgan fingerprint density at radius 1 is 1.53 bits per heavy atom. The Hall–Kier alpha value is -1.25. The van der Waals surface area contributed by atoms with E-state index in [0.717, 1.165) is 0 Å². The van der Waals surface area contributed by atoms with E-state index in [-0.39, 0.29) is 10.6 Å². The molecule has 0 saturated heterocycles. The van der Waals surface area contributed by atoms with Gasteiger partial charge in [-0.3, -0.25) is 10.1 Å². The maximum Gasteiger partial charge on any atom is 0.336 e. The summed E-state index contributed by atoms with van der Waals surface area (Å²) in [6, 6.07) is 5.05. The fraction of sp³-hybridized carbons (Fsp3) is 0.364. The molecule has 2 N–H and O–H groups in total. The summed E-state index contributed by atoms with van der Waals surface area (Å²) in [5.41, 5.74) is 5.53. The SMILES string of the molecule is CC(C)(S)[C@H](N)C(=O)OSc1ccccc1[N+](=O)[O-]. The molecule has 104 valence electrons. The summed E-state index contributed by atoms with van der Waals surface area (Å²) in [6.45, 7) is 3.36. The second kappa shape index (κ2) is 6.27. The van der Waals surface area contributed by atoms with E-state index in [0.29, 0.717) is 12.0 Å². The molecule has 0 aliphatic rings. The first-order chi connectivity index (χ1) is 8.73. The Kier molecular flexibility index (Phi) is 5.21. The van der Waals surface area contributed by atoms with Crippen molar-refractivity contribution in [1.82, 2.24) is 0 Å². The Bertz CT molecular complexity index is 488. The van der Waals surface area contributed by atoms with Crippen LogP contribution in [0.2, 0.25) is 0 Å². The minimum atomic E-state index is -0.925. The molecule has 1 aromatic carbocycles. The maximum atomic E-state index is 11.7. The van der Waals surface area contributed by atoms with Crippen molar-refractivity contribution in [3.63, 3.8) is 0 Å². The van der Waals surface area contributed by atoms with Gasteiger partial charge in [0.2, 0.25) is 0 Å². The average Bonchev–Trinajstić information content (AvgIpc) is 2.34. The highest BCUT2D eigenvalue weighted by Crippen LogP contribution is 2.30. The number of hydrogen-bond acceptors (Lipinski definition) is 7. The number of hydrogen-bond donors (Lipinski definition) is 2. The number of nitro groups is 1. The molecule has 0 unspecified atom stereocenters. The molecule has 1 aromatic rings. The van der Waals surface area contributed by atoms with Crippen LogP contribution in [0, 0.1) is 10.1 Å². The standard InChI is InChI=1S/C11H14N2O4S2/c1-11(2,18)9(12)10(14)17-19-8-6-4-3-5-7(8)13(15)16/h3-6,9,18H,12H2,1-2H3/t9-/m1/s1. The Labute approximate surface area is 120 Å². The summed E-state index contributed by atoms with van der Waals surface area (Å²) < 4.78 is 4.17. The van der Waals surface area contributed by atoms with Gasteiger partial charge in [-0.05, 0) is 19.9 Å². The van der Waals surface area contributed by atoms with Gasteiger partial charge in [0.15, 0.2) is 0 Å². The number of rotatable bonds is 5. The van der Waals surface area contributed by atoms with E-state index in [2.05, 4.69) is 12.6 Å². The van der Waals surface area contributed by atoms with E-state index < -0.39 is 21.7 Å². The Morgan fingerprint density at radius 3 is 2.63 bits per heavy atom. The molecule has 0 saturated carbocycles. The van der Waals surface area contributed by atoms with E-state index in [9.17, 15) is 14.9 Å². The van der Waals surface area contributed by atoms with Crippen LogP contribution in [0.25, 0.3) is 0 Å². The van der Waals surface area contributed by atoms with Crippen LogP contribution in [0.4, 0.5) is 5.69 Å². The molecule has 0 radical (unpaired) electrons. The average molecular weight is 302 g/mol. The van der Waals surface area contributed by atoms with Crippen LogP contribution >= 0.6 is 24.7 Å². The molecule has 6 nitrogen and oxygen atoms in total. The van der Waals surface area contributed by atoms with Crippen LogP contribution < -0.4 is 5.73 Å². The van der Waals surface area contributed by atoms with Gasteiger partial charge in [0.1, 0.15) is 23.0 Å². The van der Waals surface area contributed by atoms with Crippen molar-refractivity contribution in [3.8, 4) is 0 Å². The number of benzene rings is 1. The molecule has 0 heterocycles. The Morgan fingerprint density at radius 2 is 2.11 bits per heavy atom. The van der Waals surface area contributed by atoms with Gasteiger partial charge in [0.25, 0.3) is 5.69 Å². The molecule has 8 heteroatoms. The third kappa shape index (κ3) is 4.41. The molecule has 19 heavy (non-hydrogen) atoms. The van der Waals surface area contributed by atoms with Gasteiger partial charge in [-0.1, -0.05) is 12.1 Å². The normalized spacial score (nSPS) is 12.8. The summed E-state index contributed by atoms with van der Waals surface area (Å²) in [7, 11) is 0. The van der Waals surface area contributed by atoms with Crippen LogP contribution in [0.15, 0.2) is 29.2 Å². The van der Waals surface area contributed by atoms with Gasteiger partial charge in [0.05, 0.1) is 4.92 Å². The lowest BCUT2D eigenvalue weighted by Crippen LogP contribution is -2.45. The monoisotopic (exact) mass is 302 g/mol. The number of nitrogens with zero attached hydrogens (tertiary/aromatic N) is 1. The maximum absolute atomic E-state index is 11.7. The summed E-state index contributed by atoms with van der Waals surface area (Å²) in [5.74, 6) is -0.678. The lowest BCUT2D eigenvalue weighted by Gasteiger charge is -2.23. The van der Waals surface area contributed by atoms with E-state index in [1.54, 1.807) is 19.9 Å². The quantitative estimate of drug-likeness (QED) is 0.374. The first-order valence-electron chi connectivity index (χ1n) is 5.33. The van der Waals surface area contributed by atoms with Crippen molar-refractivity contribution in [2.45, 2.75) is 29.5 Å². The predicted octanol–water partition coefficient (Wildman–Crippen LogP) is 2.18. The highest BCUT2D eigenvalue weighted by molar-refractivity contribution is 7.95. The lowest BCUT2D eigenvalue weighted by molar-refractivity contribution is -0.387. The van der Waals surface area contributed by atoms with Crippen molar-refractivity contribution in [3.05, 3.63) is 34.4 Å². The molecule has 0 amide bonds. The predicted molar refractivity (Wildman–Crippen MR) is 76.1 cm³/mol. The highest BCUT2D eigenvalue weighted by Gasteiger charge is 2.30. The van der Waals surface area contributed by atoms with Crippen molar-refractivity contribution in [2.24, 2.45) is 5.73 Å². The van der Waals surface area contributed by atoms with Crippen molar-refractivity contribution in [2.75, 3.05) is 0 Å². The number of carbonyl (C=O) groups excluding carboxylic acids is 1. The van der Waals surface area contributed by atoms with E-state index >= 15 is 0 Å². The van der Waals surface area contributed by atoms with Crippen molar-refractivity contribution in [1.29, 1.82) is 0 Å². The molecule has 1 rings (SSSR count). The molecule has 0 aromatic heterocycles. The summed E-state index contributed by atoms with van der Waals surface area (Å²) in [5, 5.41) is 10.8. The zero-order valence-electron chi connectivity index (χ0n) is 10.4. The summed E-state index contributed by atoms with van der Waals surface area (Å²) in [4.78, 5) is 22.1. The van der Waals surface area contributed by atoms with E-state index in [4.69, 9.17) is 9.92 Å². The number of thiol groups is 1. The number of para-hydroxylation sites is 1. The number of carbonyl (C=O) groups is 1. The fourth-order valence-electron chi connectivity index (χ4n) is 1.10. The highest BCUT2D eigenvalue weighted by atomic mass is 32.2. The van der Waals surface area contributed by atoms with Crippen molar-refractivity contribution >= 4 is 36.3 Å². The van der Waals surface area contributed by atoms with Gasteiger partial charge >= 0.3 is 5.97 Å². The topological polar surface area (TPSA) is 95.5 Å². The smallest absolute Gasteiger partial charge is 0.336 e. The van der Waals surface area contributed by atoms with Gasteiger partial charge in [-0.25, -0.2) is 4.79 Å². The van der Waals surface area contributed by atoms with Gasteiger partial charge in [0, 0.05) is 10.8 Å². The number of nitro benzene ring substituents is 1. The molecule has 0 fully saturated rings. The Balaban J connectivity index is 2.73. The minimum Gasteiger partial charge on any atom is -0.385 e. The van der Waals surface area contributed by atoms with Crippen LogP contribution in [0.1, 0.15) is 13.8 Å². The zero-order valence-corrected chi connectivity index (χ0v) is 12.1. The van der Waals surface area contributed by atoms with Crippen LogP contribution in [-0.4, -0.2) is 21.7 Å².